The molecule has 6 heteroatoms. The molecular formula is C15H26N4O2. The first-order chi connectivity index (χ1) is 10.1. The Balaban J connectivity index is 2.69. The van der Waals surface area contributed by atoms with E-state index in [1.807, 2.05) is 7.05 Å². The first-order valence-corrected chi connectivity index (χ1v) is 7.42. The molecule has 0 radical (unpaired) electrons. The van der Waals surface area contributed by atoms with Gasteiger partial charge in [-0.2, -0.15) is 0 Å². The summed E-state index contributed by atoms with van der Waals surface area (Å²) < 4.78 is 4.95. The second kappa shape index (κ2) is 9.28. The Morgan fingerprint density at radius 1 is 1.38 bits per heavy atom. The minimum absolute atomic E-state index is 0.165. The van der Waals surface area contributed by atoms with Crippen LogP contribution in [0.1, 0.15) is 42.5 Å². The van der Waals surface area contributed by atoms with Gasteiger partial charge in [0.05, 0.1) is 0 Å². The zero-order chi connectivity index (χ0) is 15.7. The van der Waals surface area contributed by atoms with E-state index in [9.17, 15) is 4.79 Å². The Morgan fingerprint density at radius 2 is 2.14 bits per heavy atom. The molecule has 1 N–H and O–H groups in total. The third kappa shape index (κ3) is 6.08. The molecule has 21 heavy (non-hydrogen) atoms. The van der Waals surface area contributed by atoms with Crippen LogP contribution in [0.25, 0.3) is 0 Å². The van der Waals surface area contributed by atoms with E-state index in [-0.39, 0.29) is 5.91 Å². The molecule has 0 saturated carbocycles. The maximum Gasteiger partial charge on any atom is 0.270 e. The number of nitrogens with one attached hydrogen (secondary N) is 1. The number of hydrogen-bond acceptors (Lipinski definition) is 5. The van der Waals surface area contributed by atoms with E-state index >= 15 is 0 Å². The van der Waals surface area contributed by atoms with E-state index in [0.717, 1.165) is 31.6 Å². The number of amides is 1. The Morgan fingerprint density at radius 3 is 2.81 bits per heavy atom. The van der Waals surface area contributed by atoms with E-state index in [2.05, 4.69) is 27.1 Å². The number of unbranched alkanes of at least 4 members (excludes halogenated alkanes) is 1. The van der Waals surface area contributed by atoms with Gasteiger partial charge in [-0.05, 0) is 19.8 Å². The van der Waals surface area contributed by atoms with E-state index in [1.54, 1.807) is 20.1 Å². The molecule has 118 valence electrons. The Kier molecular flexibility index (Phi) is 7.68. The highest BCUT2D eigenvalue weighted by atomic mass is 16.5. The van der Waals surface area contributed by atoms with Gasteiger partial charge in [0, 0.05) is 39.9 Å². The quantitative estimate of drug-likeness (QED) is 0.703. The third-order valence-corrected chi connectivity index (χ3v) is 3.11. The molecule has 0 spiro atoms. The minimum Gasteiger partial charge on any atom is -0.385 e. The molecule has 0 aliphatic heterocycles. The van der Waals surface area contributed by atoms with Gasteiger partial charge in [0.25, 0.3) is 5.91 Å². The molecule has 0 unspecified atom stereocenters. The summed E-state index contributed by atoms with van der Waals surface area (Å²) in [5.41, 5.74) is 0.415. The van der Waals surface area contributed by atoms with Crippen molar-refractivity contribution < 1.29 is 9.53 Å². The van der Waals surface area contributed by atoms with Crippen LogP contribution in [-0.2, 0) is 4.74 Å². The summed E-state index contributed by atoms with van der Waals surface area (Å²) in [5.74, 6) is 1.23. The average molecular weight is 294 g/mol. The molecule has 0 saturated heterocycles. The summed E-state index contributed by atoms with van der Waals surface area (Å²) >= 11 is 0. The van der Waals surface area contributed by atoms with Crippen LogP contribution in [0.4, 0.5) is 5.82 Å². The third-order valence-electron chi connectivity index (χ3n) is 3.11. The zero-order valence-electron chi connectivity index (χ0n) is 13.5. The van der Waals surface area contributed by atoms with E-state index in [4.69, 9.17) is 4.74 Å². The summed E-state index contributed by atoms with van der Waals surface area (Å²) in [6, 6.07) is 1.74. The normalized spacial score (nSPS) is 10.5. The number of carbonyl (C=O) groups excluding carboxylic acids is 1. The van der Waals surface area contributed by atoms with Crippen LogP contribution in [-0.4, -0.2) is 49.7 Å². The van der Waals surface area contributed by atoms with Gasteiger partial charge in [-0.15, -0.1) is 0 Å². The average Bonchev–Trinajstić information content (AvgIpc) is 2.48. The van der Waals surface area contributed by atoms with Crippen LogP contribution >= 0.6 is 0 Å². The number of anilines is 1. The van der Waals surface area contributed by atoms with E-state index in [0.29, 0.717) is 24.7 Å². The van der Waals surface area contributed by atoms with Crippen molar-refractivity contribution in [3.05, 3.63) is 17.6 Å². The summed E-state index contributed by atoms with van der Waals surface area (Å²) in [6.45, 7) is 6.09. The van der Waals surface area contributed by atoms with Crippen LogP contribution in [0.2, 0.25) is 0 Å². The number of nitrogens with zero attached hydrogens (tertiary/aromatic N) is 3. The van der Waals surface area contributed by atoms with Gasteiger partial charge in [-0.1, -0.05) is 13.3 Å². The number of methoxy groups -OCH3 is 1. The molecule has 0 aliphatic carbocycles. The van der Waals surface area contributed by atoms with Gasteiger partial charge in [-0.25, -0.2) is 9.97 Å². The molecule has 1 amide bonds. The summed E-state index contributed by atoms with van der Waals surface area (Å²) in [5, 5.41) is 2.84. The van der Waals surface area contributed by atoms with Crippen LogP contribution in [0.5, 0.6) is 0 Å². The van der Waals surface area contributed by atoms with Crippen molar-refractivity contribution in [3.63, 3.8) is 0 Å². The monoisotopic (exact) mass is 294 g/mol. The molecule has 6 nitrogen and oxygen atoms in total. The van der Waals surface area contributed by atoms with Crippen molar-refractivity contribution in [1.29, 1.82) is 0 Å². The number of ether oxygens (including phenoxy) is 1. The fourth-order valence-electron chi connectivity index (χ4n) is 1.88. The highest BCUT2D eigenvalue weighted by Crippen LogP contribution is 2.12. The number of hydrogen-bond donors (Lipinski definition) is 1. The molecule has 1 heterocycles. The first-order valence-electron chi connectivity index (χ1n) is 7.42. The lowest BCUT2D eigenvalue weighted by Crippen LogP contribution is -2.27. The smallest absolute Gasteiger partial charge is 0.270 e. The van der Waals surface area contributed by atoms with Gasteiger partial charge in [-0.3, -0.25) is 4.79 Å². The van der Waals surface area contributed by atoms with Gasteiger partial charge < -0.3 is 15.0 Å². The van der Waals surface area contributed by atoms with Gasteiger partial charge in [0.2, 0.25) is 0 Å². The zero-order valence-corrected chi connectivity index (χ0v) is 13.5. The van der Waals surface area contributed by atoms with Crippen LogP contribution in [0, 0.1) is 6.92 Å². The van der Waals surface area contributed by atoms with Crippen molar-refractivity contribution in [2.24, 2.45) is 0 Å². The molecule has 0 aromatic carbocycles. The Labute approximate surface area is 126 Å². The summed E-state index contributed by atoms with van der Waals surface area (Å²) in [6.07, 6.45) is 3.01. The SMILES string of the molecule is CCCCN(C)c1cc(C(=O)NCCCOC)nc(C)n1. The standard InChI is InChI=1S/C15H26N4O2/c1-5-6-9-19(3)14-11-13(17-12(2)18-14)15(20)16-8-7-10-21-4/h11H,5-10H2,1-4H3,(H,16,20). The summed E-state index contributed by atoms with van der Waals surface area (Å²) in [4.78, 5) is 22.8. The van der Waals surface area contributed by atoms with Crippen molar-refractivity contribution in [2.75, 3.05) is 38.8 Å². The predicted molar refractivity (Wildman–Crippen MR) is 83.8 cm³/mol. The van der Waals surface area contributed by atoms with Crippen molar-refractivity contribution in [1.82, 2.24) is 15.3 Å². The Hall–Kier alpha value is -1.69. The predicted octanol–water partition coefficient (Wildman–Crippen LogP) is 1.79. The fourth-order valence-corrected chi connectivity index (χ4v) is 1.88. The number of aryl methyl sites for hydroxylation is 1. The van der Waals surface area contributed by atoms with Crippen molar-refractivity contribution >= 4 is 11.7 Å². The number of aromatic nitrogens is 2. The highest BCUT2D eigenvalue weighted by Gasteiger charge is 2.12. The van der Waals surface area contributed by atoms with Crippen molar-refractivity contribution in [3.8, 4) is 0 Å². The van der Waals surface area contributed by atoms with E-state index < -0.39 is 0 Å². The number of carbonyl (C=O) groups is 1. The second-order valence-electron chi connectivity index (χ2n) is 5.04. The molecule has 1 aromatic heterocycles. The summed E-state index contributed by atoms with van der Waals surface area (Å²) in [7, 11) is 3.63. The molecule has 0 atom stereocenters. The van der Waals surface area contributed by atoms with Crippen LogP contribution in [0.15, 0.2) is 6.07 Å². The molecule has 1 aromatic rings. The minimum atomic E-state index is -0.165. The van der Waals surface area contributed by atoms with Gasteiger partial charge in [0.1, 0.15) is 17.3 Å². The molecule has 0 fully saturated rings. The van der Waals surface area contributed by atoms with E-state index in [1.165, 1.54) is 0 Å². The molecule has 1 rings (SSSR count). The maximum atomic E-state index is 12.1. The van der Waals surface area contributed by atoms with Crippen LogP contribution in [0.3, 0.4) is 0 Å². The maximum absolute atomic E-state index is 12.1. The van der Waals surface area contributed by atoms with Crippen molar-refractivity contribution in [2.45, 2.75) is 33.1 Å². The second-order valence-corrected chi connectivity index (χ2v) is 5.04. The lowest BCUT2D eigenvalue weighted by Gasteiger charge is -2.18. The highest BCUT2D eigenvalue weighted by molar-refractivity contribution is 5.92. The molecule has 0 aliphatic rings. The molecule has 0 bridgehead atoms. The lowest BCUT2D eigenvalue weighted by atomic mass is 10.3. The van der Waals surface area contributed by atoms with Gasteiger partial charge >= 0.3 is 0 Å². The molecular weight excluding hydrogens is 268 g/mol. The fraction of sp³-hybridized carbons (Fsp3) is 0.667. The number of rotatable bonds is 9. The largest absolute Gasteiger partial charge is 0.385 e. The lowest BCUT2D eigenvalue weighted by molar-refractivity contribution is 0.0943. The van der Waals surface area contributed by atoms with Gasteiger partial charge in [0.15, 0.2) is 0 Å². The Bertz CT molecular complexity index is 451. The van der Waals surface area contributed by atoms with Crippen LogP contribution < -0.4 is 10.2 Å². The topological polar surface area (TPSA) is 67.4 Å². The first kappa shape index (κ1) is 17.4.